The average molecular weight is 383 g/mol. The molecule has 0 amide bonds. The first-order valence-corrected chi connectivity index (χ1v) is 9.61. The van der Waals surface area contributed by atoms with Crippen LogP contribution in [-0.2, 0) is 11.2 Å². The van der Waals surface area contributed by atoms with E-state index in [1.165, 1.54) is 6.07 Å². The molecule has 0 spiro atoms. The van der Waals surface area contributed by atoms with Crippen LogP contribution in [0.1, 0.15) is 30.9 Å². The van der Waals surface area contributed by atoms with Crippen molar-refractivity contribution in [3.8, 4) is 11.1 Å². The van der Waals surface area contributed by atoms with Gasteiger partial charge in [0.1, 0.15) is 11.6 Å². The second kappa shape index (κ2) is 6.97. The van der Waals surface area contributed by atoms with E-state index in [2.05, 4.69) is 0 Å². The summed E-state index contributed by atoms with van der Waals surface area (Å²) in [6.07, 6.45) is 6.08. The van der Waals surface area contributed by atoms with Gasteiger partial charge in [-0.15, -0.1) is 0 Å². The first-order chi connectivity index (χ1) is 13.0. The van der Waals surface area contributed by atoms with Crippen LogP contribution in [0, 0.1) is 17.7 Å². The van der Waals surface area contributed by atoms with Crippen LogP contribution < -0.4 is 0 Å². The van der Waals surface area contributed by atoms with Gasteiger partial charge in [-0.2, -0.15) is 0 Å². The topological polar surface area (TPSA) is 37.3 Å². The molecule has 0 fully saturated rings. The zero-order chi connectivity index (χ0) is 19.1. The van der Waals surface area contributed by atoms with E-state index >= 15 is 0 Å². The number of hydrogen-bond donors (Lipinski definition) is 1. The van der Waals surface area contributed by atoms with Crippen LogP contribution in [0.5, 0.6) is 0 Å². The predicted octanol–water partition coefficient (Wildman–Crippen LogP) is 6.14. The molecule has 0 aromatic heterocycles. The van der Waals surface area contributed by atoms with Gasteiger partial charge >= 0.3 is 0 Å². The maximum absolute atomic E-state index is 14.4. The van der Waals surface area contributed by atoms with E-state index < -0.39 is 5.82 Å². The van der Waals surface area contributed by atoms with Gasteiger partial charge in [-0.25, -0.2) is 4.39 Å². The third-order valence-electron chi connectivity index (χ3n) is 5.56. The highest BCUT2D eigenvalue weighted by atomic mass is 35.5. The second-order valence-electron chi connectivity index (χ2n) is 7.15. The third-order valence-corrected chi connectivity index (χ3v) is 5.79. The molecule has 2 nitrogen and oxygen atoms in total. The largest absolute Gasteiger partial charge is 0.511 e. The molecular weight excluding hydrogens is 363 g/mol. The number of aryl methyl sites for hydroxylation is 1. The second-order valence-corrected chi connectivity index (χ2v) is 7.59. The van der Waals surface area contributed by atoms with E-state index in [-0.39, 0.29) is 23.4 Å². The van der Waals surface area contributed by atoms with Crippen LogP contribution >= 0.6 is 11.6 Å². The Hall–Kier alpha value is -2.39. The predicted molar refractivity (Wildman–Crippen MR) is 106 cm³/mol. The van der Waals surface area contributed by atoms with Gasteiger partial charge < -0.3 is 5.11 Å². The van der Waals surface area contributed by atoms with Crippen molar-refractivity contribution in [2.45, 2.75) is 26.2 Å². The lowest BCUT2D eigenvalue weighted by atomic mass is 9.87. The van der Waals surface area contributed by atoms with Gasteiger partial charge in [-0.05, 0) is 60.2 Å². The first-order valence-electron chi connectivity index (χ1n) is 9.24. The maximum atomic E-state index is 14.4. The van der Waals surface area contributed by atoms with E-state index in [1.54, 1.807) is 12.1 Å². The van der Waals surface area contributed by atoms with Crippen LogP contribution in [0.2, 0.25) is 5.02 Å². The fourth-order valence-corrected chi connectivity index (χ4v) is 4.20. The van der Waals surface area contributed by atoms with E-state index in [0.29, 0.717) is 33.7 Å². The van der Waals surface area contributed by atoms with Gasteiger partial charge in [-0.3, -0.25) is 4.79 Å². The molecule has 5 rings (SSSR count). The zero-order valence-electron chi connectivity index (χ0n) is 15.0. The highest BCUT2D eigenvalue weighted by Crippen LogP contribution is 2.41. The number of benzene rings is 2. The Morgan fingerprint density at radius 1 is 1.07 bits per heavy atom. The van der Waals surface area contributed by atoms with Gasteiger partial charge in [0.05, 0.1) is 5.57 Å². The summed E-state index contributed by atoms with van der Waals surface area (Å²) in [6, 6.07) is 10.1. The quantitative estimate of drug-likeness (QED) is 0.647. The smallest absolute Gasteiger partial charge is 0.173 e. The van der Waals surface area contributed by atoms with Crippen molar-refractivity contribution in [1.29, 1.82) is 0 Å². The zero-order valence-corrected chi connectivity index (χ0v) is 15.8. The molecule has 0 saturated heterocycles. The number of aliphatic hydroxyl groups excluding tert-OH is 1. The molecule has 0 radical (unpaired) electrons. The molecule has 1 N–H and O–H groups in total. The van der Waals surface area contributed by atoms with Gasteiger partial charge in [-0.1, -0.05) is 42.8 Å². The van der Waals surface area contributed by atoms with Gasteiger partial charge in [0.2, 0.25) is 0 Å². The summed E-state index contributed by atoms with van der Waals surface area (Å²) in [5.41, 5.74) is 3.14. The van der Waals surface area contributed by atoms with Gasteiger partial charge in [0.25, 0.3) is 0 Å². The molecule has 0 unspecified atom stereocenters. The highest BCUT2D eigenvalue weighted by Gasteiger charge is 2.35. The monoisotopic (exact) mass is 382 g/mol. The van der Waals surface area contributed by atoms with Crippen molar-refractivity contribution in [3.63, 3.8) is 0 Å². The Morgan fingerprint density at radius 2 is 1.81 bits per heavy atom. The van der Waals surface area contributed by atoms with Gasteiger partial charge in [0, 0.05) is 22.4 Å². The summed E-state index contributed by atoms with van der Waals surface area (Å²) in [5, 5.41) is 11.2. The van der Waals surface area contributed by atoms with Crippen LogP contribution in [0.15, 0.2) is 54.3 Å². The van der Waals surface area contributed by atoms with Crippen molar-refractivity contribution >= 4 is 23.0 Å². The number of carbonyl (C=O) groups is 1. The summed E-state index contributed by atoms with van der Waals surface area (Å²) in [7, 11) is 0. The third kappa shape index (κ3) is 3.10. The highest BCUT2D eigenvalue weighted by molar-refractivity contribution is 6.30. The number of aliphatic hydroxyl groups is 1. The Labute approximate surface area is 163 Å². The van der Waals surface area contributed by atoms with Crippen LogP contribution in [0.4, 0.5) is 4.39 Å². The fraction of sp³-hybridized carbons (Fsp3) is 0.261. The summed E-state index contributed by atoms with van der Waals surface area (Å²) in [4.78, 5) is 13.1. The minimum Gasteiger partial charge on any atom is -0.511 e. The Kier molecular flexibility index (Phi) is 4.65. The van der Waals surface area contributed by atoms with Crippen molar-refractivity contribution in [1.82, 2.24) is 0 Å². The van der Waals surface area contributed by atoms with Gasteiger partial charge in [0.15, 0.2) is 5.78 Å². The molecule has 2 bridgehead atoms. The number of rotatable bonds is 3. The first kappa shape index (κ1) is 18.0. The number of hydrogen-bond acceptors (Lipinski definition) is 2. The van der Waals surface area contributed by atoms with Crippen molar-refractivity contribution < 1.29 is 14.3 Å². The molecule has 138 valence electrons. The molecule has 0 saturated carbocycles. The lowest BCUT2D eigenvalue weighted by Gasteiger charge is -2.16. The summed E-state index contributed by atoms with van der Waals surface area (Å²) < 4.78 is 14.4. The molecule has 4 heteroatoms. The van der Waals surface area contributed by atoms with Crippen molar-refractivity contribution in [2.24, 2.45) is 11.8 Å². The SMILES string of the molecule is CCc1ccc(-c2ccc(Cl)cc2F)cc1C1=C(O)[C@H]2C=C[C@H](CC2)C1=O. The molecule has 2 aromatic carbocycles. The molecule has 0 heterocycles. The normalized spacial score (nSPS) is 21.7. The molecule has 2 aromatic rings. The molecule has 2 atom stereocenters. The van der Waals surface area contributed by atoms with E-state index in [4.69, 9.17) is 11.6 Å². The number of carbonyl (C=O) groups excluding carboxylic acids is 1. The molecule has 0 aliphatic heterocycles. The van der Waals surface area contributed by atoms with Crippen LogP contribution in [-0.4, -0.2) is 10.9 Å². The minimum absolute atomic E-state index is 0.0489. The summed E-state index contributed by atoms with van der Waals surface area (Å²) >= 11 is 5.87. The Balaban J connectivity index is 1.90. The van der Waals surface area contributed by atoms with E-state index in [1.807, 2.05) is 37.3 Å². The number of ketones is 1. The molecule has 3 aliphatic rings. The van der Waals surface area contributed by atoms with Crippen LogP contribution in [0.25, 0.3) is 16.7 Å². The number of halogens is 2. The lowest BCUT2D eigenvalue weighted by Crippen LogP contribution is -2.14. The van der Waals surface area contributed by atoms with E-state index in [0.717, 1.165) is 18.4 Å². The molecular formula is C23H20ClFO2. The summed E-state index contributed by atoms with van der Waals surface area (Å²) in [5.74, 6) is -0.637. The van der Waals surface area contributed by atoms with Crippen molar-refractivity contribution in [2.75, 3.05) is 0 Å². The molecule has 3 aliphatic carbocycles. The average Bonchev–Trinajstić information content (AvgIpc) is 2.86. The Bertz CT molecular complexity index is 990. The van der Waals surface area contributed by atoms with Crippen LogP contribution in [0.3, 0.4) is 0 Å². The standard InChI is InChI=1S/C23H20ClFO2/c1-2-13-3-8-16(18-10-9-17(24)12-20(18)25)11-19(13)21-22(26)14-4-5-15(7-6-14)23(21)27/h3-5,8-12,14-15,26H,2,6-7H2,1H3/t14-,15+/m0/s1. The fourth-order valence-electron chi connectivity index (χ4n) is 4.04. The number of fused-ring (bicyclic) bond motifs is 2. The number of Topliss-reactive ketones (excluding diaryl/α,β-unsaturated/α-hetero) is 1. The molecule has 27 heavy (non-hydrogen) atoms. The van der Waals surface area contributed by atoms with E-state index in [9.17, 15) is 14.3 Å². The Morgan fingerprint density at radius 3 is 2.48 bits per heavy atom. The summed E-state index contributed by atoms with van der Waals surface area (Å²) in [6.45, 7) is 2.01. The van der Waals surface area contributed by atoms with Crippen molar-refractivity contribution in [3.05, 3.63) is 76.3 Å². The minimum atomic E-state index is -0.412. The number of allylic oxidation sites excluding steroid dienone is 3. The lowest BCUT2D eigenvalue weighted by molar-refractivity contribution is -0.116. The maximum Gasteiger partial charge on any atom is 0.173 e.